The second-order valence-electron chi connectivity index (χ2n) is 5.53. The van der Waals surface area contributed by atoms with Crippen molar-refractivity contribution in [1.29, 1.82) is 0 Å². The van der Waals surface area contributed by atoms with Gasteiger partial charge in [-0.25, -0.2) is 4.98 Å². The maximum atomic E-state index is 4.75. The molecule has 1 saturated carbocycles. The Kier molecular flexibility index (Phi) is 2.86. The van der Waals surface area contributed by atoms with Gasteiger partial charge >= 0.3 is 0 Å². The SMILES string of the molecule is CC(NC(C)C1CC1)c1nc2ccccc2n1C. The average molecular weight is 243 g/mol. The molecule has 1 N–H and O–H groups in total. The van der Waals surface area contributed by atoms with Crippen LogP contribution in [-0.4, -0.2) is 15.6 Å². The zero-order chi connectivity index (χ0) is 12.7. The number of aryl methyl sites for hydroxylation is 1. The van der Waals surface area contributed by atoms with Crippen LogP contribution >= 0.6 is 0 Å². The van der Waals surface area contributed by atoms with Crippen LogP contribution in [0.1, 0.15) is 38.6 Å². The summed E-state index contributed by atoms with van der Waals surface area (Å²) >= 11 is 0. The van der Waals surface area contributed by atoms with E-state index in [1.54, 1.807) is 0 Å². The van der Waals surface area contributed by atoms with Crippen molar-refractivity contribution in [3.05, 3.63) is 30.1 Å². The highest BCUT2D eigenvalue weighted by molar-refractivity contribution is 5.75. The smallest absolute Gasteiger partial charge is 0.126 e. The topological polar surface area (TPSA) is 29.9 Å². The van der Waals surface area contributed by atoms with Crippen LogP contribution in [0.5, 0.6) is 0 Å². The number of para-hydroxylation sites is 2. The first-order valence-electron chi connectivity index (χ1n) is 6.84. The molecule has 1 aromatic carbocycles. The van der Waals surface area contributed by atoms with E-state index >= 15 is 0 Å². The van der Waals surface area contributed by atoms with Gasteiger partial charge in [-0.2, -0.15) is 0 Å². The third-order valence-electron chi connectivity index (χ3n) is 4.05. The van der Waals surface area contributed by atoms with Crippen molar-refractivity contribution in [3.63, 3.8) is 0 Å². The summed E-state index contributed by atoms with van der Waals surface area (Å²) in [7, 11) is 2.10. The molecule has 1 heterocycles. The Balaban J connectivity index is 1.86. The number of hydrogen-bond acceptors (Lipinski definition) is 2. The Morgan fingerprint density at radius 3 is 2.67 bits per heavy atom. The molecule has 1 aliphatic rings. The molecule has 2 aromatic rings. The van der Waals surface area contributed by atoms with E-state index in [2.05, 4.69) is 49.0 Å². The quantitative estimate of drug-likeness (QED) is 0.894. The van der Waals surface area contributed by atoms with Crippen molar-refractivity contribution in [2.45, 2.75) is 38.8 Å². The molecule has 0 radical (unpaired) electrons. The van der Waals surface area contributed by atoms with Gasteiger partial charge in [0.1, 0.15) is 5.82 Å². The summed E-state index contributed by atoms with van der Waals surface area (Å²) in [6, 6.07) is 9.22. The van der Waals surface area contributed by atoms with Crippen LogP contribution in [0.25, 0.3) is 11.0 Å². The predicted octanol–water partition coefficient (Wildman–Crippen LogP) is 3.02. The first-order chi connectivity index (χ1) is 8.66. The molecular formula is C15H21N3. The lowest BCUT2D eigenvalue weighted by molar-refractivity contribution is 0.424. The maximum absolute atomic E-state index is 4.75. The predicted molar refractivity (Wildman–Crippen MR) is 74.5 cm³/mol. The molecule has 2 unspecified atom stereocenters. The summed E-state index contributed by atoms with van der Waals surface area (Å²) < 4.78 is 2.20. The highest BCUT2D eigenvalue weighted by Crippen LogP contribution is 2.33. The molecule has 3 nitrogen and oxygen atoms in total. The third-order valence-corrected chi connectivity index (χ3v) is 4.05. The molecule has 0 bridgehead atoms. The Hall–Kier alpha value is -1.35. The minimum atomic E-state index is 0.304. The van der Waals surface area contributed by atoms with Crippen LogP contribution in [0.2, 0.25) is 0 Å². The van der Waals surface area contributed by atoms with Crippen LogP contribution < -0.4 is 5.32 Å². The molecule has 96 valence electrons. The maximum Gasteiger partial charge on any atom is 0.126 e. The van der Waals surface area contributed by atoms with E-state index < -0.39 is 0 Å². The molecule has 2 atom stereocenters. The van der Waals surface area contributed by atoms with Gasteiger partial charge in [-0.3, -0.25) is 0 Å². The molecule has 1 aliphatic carbocycles. The van der Waals surface area contributed by atoms with E-state index in [1.165, 1.54) is 18.4 Å². The number of benzene rings is 1. The average Bonchev–Trinajstić information content (AvgIpc) is 3.15. The minimum absolute atomic E-state index is 0.304. The lowest BCUT2D eigenvalue weighted by atomic mass is 10.2. The second-order valence-corrected chi connectivity index (χ2v) is 5.53. The van der Waals surface area contributed by atoms with Crippen LogP contribution in [0.3, 0.4) is 0 Å². The van der Waals surface area contributed by atoms with Gasteiger partial charge in [0.25, 0.3) is 0 Å². The molecule has 0 aliphatic heterocycles. The van der Waals surface area contributed by atoms with Gasteiger partial charge in [0.2, 0.25) is 0 Å². The Morgan fingerprint density at radius 1 is 1.28 bits per heavy atom. The van der Waals surface area contributed by atoms with Crippen molar-refractivity contribution in [2.75, 3.05) is 0 Å². The number of nitrogens with one attached hydrogen (secondary N) is 1. The van der Waals surface area contributed by atoms with Gasteiger partial charge in [-0.05, 0) is 44.7 Å². The Labute approximate surface area is 108 Å². The number of hydrogen-bond donors (Lipinski definition) is 1. The fourth-order valence-electron chi connectivity index (χ4n) is 2.75. The first kappa shape index (κ1) is 11.7. The lowest BCUT2D eigenvalue weighted by Gasteiger charge is -2.19. The molecule has 1 aromatic heterocycles. The normalized spacial score (nSPS) is 19.1. The van der Waals surface area contributed by atoms with Gasteiger partial charge in [0.05, 0.1) is 17.1 Å². The first-order valence-corrected chi connectivity index (χ1v) is 6.84. The van der Waals surface area contributed by atoms with Gasteiger partial charge in [-0.1, -0.05) is 12.1 Å². The standard InChI is InChI=1S/C15H21N3/c1-10(12-8-9-12)16-11(2)15-17-13-6-4-5-7-14(13)18(15)3/h4-7,10-12,16H,8-9H2,1-3H3. The second kappa shape index (κ2) is 4.39. The molecular weight excluding hydrogens is 222 g/mol. The van der Waals surface area contributed by atoms with E-state index in [9.17, 15) is 0 Å². The van der Waals surface area contributed by atoms with E-state index in [4.69, 9.17) is 4.98 Å². The van der Waals surface area contributed by atoms with Crippen LogP contribution in [0.4, 0.5) is 0 Å². The zero-order valence-electron chi connectivity index (χ0n) is 11.4. The van der Waals surface area contributed by atoms with Crippen molar-refractivity contribution in [1.82, 2.24) is 14.9 Å². The van der Waals surface area contributed by atoms with Crippen LogP contribution in [-0.2, 0) is 7.05 Å². The Morgan fingerprint density at radius 2 is 2.00 bits per heavy atom. The lowest BCUT2D eigenvalue weighted by Crippen LogP contribution is -2.31. The number of imidazole rings is 1. The summed E-state index contributed by atoms with van der Waals surface area (Å²) in [6.45, 7) is 4.50. The largest absolute Gasteiger partial charge is 0.330 e. The van der Waals surface area contributed by atoms with E-state index in [1.807, 2.05) is 6.07 Å². The molecule has 0 spiro atoms. The van der Waals surface area contributed by atoms with Gasteiger partial charge < -0.3 is 9.88 Å². The van der Waals surface area contributed by atoms with E-state index in [0.29, 0.717) is 12.1 Å². The van der Waals surface area contributed by atoms with Crippen molar-refractivity contribution < 1.29 is 0 Å². The van der Waals surface area contributed by atoms with E-state index in [0.717, 1.165) is 17.3 Å². The van der Waals surface area contributed by atoms with Gasteiger partial charge in [0, 0.05) is 13.1 Å². The number of aromatic nitrogens is 2. The summed E-state index contributed by atoms with van der Waals surface area (Å²) in [4.78, 5) is 4.75. The summed E-state index contributed by atoms with van der Waals surface area (Å²) in [5.74, 6) is 2.01. The third kappa shape index (κ3) is 2.03. The van der Waals surface area contributed by atoms with Crippen LogP contribution in [0.15, 0.2) is 24.3 Å². The van der Waals surface area contributed by atoms with Gasteiger partial charge in [-0.15, -0.1) is 0 Å². The fraction of sp³-hybridized carbons (Fsp3) is 0.533. The molecule has 3 heteroatoms. The molecule has 18 heavy (non-hydrogen) atoms. The minimum Gasteiger partial charge on any atom is -0.330 e. The molecule has 0 saturated heterocycles. The zero-order valence-corrected chi connectivity index (χ0v) is 11.4. The molecule has 0 amide bonds. The van der Waals surface area contributed by atoms with Crippen molar-refractivity contribution in [2.24, 2.45) is 13.0 Å². The summed E-state index contributed by atoms with van der Waals surface area (Å²) in [6.07, 6.45) is 2.76. The summed E-state index contributed by atoms with van der Waals surface area (Å²) in [5.41, 5.74) is 2.29. The van der Waals surface area contributed by atoms with Crippen molar-refractivity contribution >= 4 is 11.0 Å². The van der Waals surface area contributed by atoms with Crippen molar-refractivity contribution in [3.8, 4) is 0 Å². The number of rotatable bonds is 4. The summed E-state index contributed by atoms with van der Waals surface area (Å²) in [5, 5.41) is 3.68. The highest BCUT2D eigenvalue weighted by Gasteiger charge is 2.29. The number of nitrogens with zero attached hydrogens (tertiary/aromatic N) is 2. The molecule has 1 fully saturated rings. The fourth-order valence-corrected chi connectivity index (χ4v) is 2.75. The monoisotopic (exact) mass is 243 g/mol. The molecule has 3 rings (SSSR count). The highest BCUT2D eigenvalue weighted by atomic mass is 15.1. The van der Waals surface area contributed by atoms with E-state index in [-0.39, 0.29) is 0 Å². The van der Waals surface area contributed by atoms with Crippen LogP contribution in [0, 0.1) is 5.92 Å². The van der Waals surface area contributed by atoms with Gasteiger partial charge in [0.15, 0.2) is 0 Å². The number of fused-ring (bicyclic) bond motifs is 1. The Bertz CT molecular complexity index is 554.